The number of nitrogens with one attached hydrogen (secondary N) is 2. The Morgan fingerprint density at radius 1 is 1.05 bits per heavy atom. The van der Waals surface area contributed by atoms with Crippen LogP contribution in [0.4, 0.5) is 10.2 Å². The average molecular weight is 511 g/mol. The third-order valence-electron chi connectivity index (χ3n) is 8.02. The third kappa shape index (κ3) is 3.33. The predicted molar refractivity (Wildman–Crippen MR) is 142 cm³/mol. The summed E-state index contributed by atoms with van der Waals surface area (Å²) in [6, 6.07) is 9.99. The summed E-state index contributed by atoms with van der Waals surface area (Å²) in [6.45, 7) is 2.95. The lowest BCUT2D eigenvalue weighted by Gasteiger charge is -2.70. The van der Waals surface area contributed by atoms with Crippen molar-refractivity contribution < 1.29 is 9.18 Å². The van der Waals surface area contributed by atoms with Gasteiger partial charge in [0.2, 0.25) is 0 Å². The maximum absolute atomic E-state index is 13.8. The standard InChI is InChI=1S/C28H27FN8O/c1-16-9-32-21-8-5-18(10-36(16)21)23-22(17-3-6-19(29)7-4-17)34-24(30)25-33-20(11-37(23)25)26(38)35-28-12-27(13-28,14-28)15-31-2/h3-11,31H,12-15H2,1-2H3,(H2,30,34)(H,35,38). The molecular formula is C28H27FN8O. The number of aryl methyl sites for hydroxylation is 1. The summed E-state index contributed by atoms with van der Waals surface area (Å²) in [5, 5.41) is 6.48. The summed E-state index contributed by atoms with van der Waals surface area (Å²) in [4.78, 5) is 27.0. The van der Waals surface area contributed by atoms with Crippen LogP contribution in [0.3, 0.4) is 0 Å². The van der Waals surface area contributed by atoms with Crippen LogP contribution >= 0.6 is 0 Å². The Bertz CT molecular complexity index is 1730. The quantitative estimate of drug-likeness (QED) is 0.322. The summed E-state index contributed by atoms with van der Waals surface area (Å²) in [6.07, 6.45) is 8.43. The number of hydrogen-bond donors (Lipinski definition) is 3. The number of anilines is 1. The number of carbonyl (C=O) groups excluding carboxylic acids is 1. The fourth-order valence-corrected chi connectivity index (χ4v) is 6.50. The number of aromatic nitrogens is 5. The molecule has 0 spiro atoms. The van der Waals surface area contributed by atoms with E-state index in [4.69, 9.17) is 5.73 Å². The highest BCUT2D eigenvalue weighted by Gasteiger charge is 2.67. The number of nitrogen functional groups attached to an aromatic ring is 1. The maximum atomic E-state index is 13.8. The molecule has 0 saturated heterocycles. The highest BCUT2D eigenvalue weighted by atomic mass is 19.1. The molecule has 0 unspecified atom stereocenters. The summed E-state index contributed by atoms with van der Waals surface area (Å²) < 4.78 is 17.6. The van der Waals surface area contributed by atoms with Gasteiger partial charge in [0.1, 0.15) is 17.2 Å². The summed E-state index contributed by atoms with van der Waals surface area (Å²) in [5.74, 6) is -0.377. The van der Waals surface area contributed by atoms with Crippen molar-refractivity contribution in [1.29, 1.82) is 0 Å². The zero-order valence-corrected chi connectivity index (χ0v) is 21.1. The van der Waals surface area contributed by atoms with E-state index >= 15 is 0 Å². The first-order chi connectivity index (χ1) is 18.3. The fourth-order valence-electron chi connectivity index (χ4n) is 6.50. The van der Waals surface area contributed by atoms with E-state index in [1.54, 1.807) is 18.3 Å². The lowest BCUT2D eigenvalue weighted by atomic mass is 9.39. The molecule has 192 valence electrons. The highest BCUT2D eigenvalue weighted by Crippen LogP contribution is 2.66. The number of nitrogens with zero attached hydrogens (tertiary/aromatic N) is 5. The zero-order valence-electron chi connectivity index (χ0n) is 21.1. The second-order valence-corrected chi connectivity index (χ2v) is 10.9. The van der Waals surface area contributed by atoms with Crippen molar-refractivity contribution in [2.24, 2.45) is 5.41 Å². The number of benzene rings is 1. The van der Waals surface area contributed by atoms with Crippen molar-refractivity contribution in [2.45, 2.75) is 31.7 Å². The molecule has 0 radical (unpaired) electrons. The Morgan fingerprint density at radius 2 is 1.79 bits per heavy atom. The minimum atomic E-state index is -0.341. The molecule has 1 amide bonds. The summed E-state index contributed by atoms with van der Waals surface area (Å²) >= 11 is 0. The van der Waals surface area contributed by atoms with E-state index in [0.29, 0.717) is 28.0 Å². The number of nitrogens with two attached hydrogens (primary N) is 1. The third-order valence-corrected chi connectivity index (χ3v) is 8.02. The number of rotatable bonds is 6. The predicted octanol–water partition coefficient (Wildman–Crippen LogP) is 3.61. The molecule has 0 atom stereocenters. The number of amides is 1. The van der Waals surface area contributed by atoms with Gasteiger partial charge in [-0.15, -0.1) is 0 Å². The van der Waals surface area contributed by atoms with Gasteiger partial charge in [-0.2, -0.15) is 0 Å². The molecule has 5 aromatic rings. The molecule has 4 N–H and O–H groups in total. The number of pyridine rings is 1. The molecule has 3 fully saturated rings. The molecule has 3 saturated carbocycles. The topological polar surface area (TPSA) is 115 Å². The van der Waals surface area contributed by atoms with Crippen LogP contribution in [0, 0.1) is 18.2 Å². The van der Waals surface area contributed by atoms with Crippen molar-refractivity contribution in [3.05, 3.63) is 72.2 Å². The number of halogens is 1. The van der Waals surface area contributed by atoms with Gasteiger partial charge in [-0.05, 0) is 75.0 Å². The fraction of sp³-hybridized carbons (Fsp3) is 0.286. The lowest BCUT2D eigenvalue weighted by Crippen LogP contribution is -2.76. The first kappa shape index (κ1) is 22.9. The molecule has 4 heterocycles. The van der Waals surface area contributed by atoms with Crippen LogP contribution in [0.5, 0.6) is 0 Å². The SMILES string of the molecule is CNCC12CC(NC(=O)c3cn4c(-c5ccc6ncc(C)n6c5)c(-c5ccc(F)cc5)nc(N)c4n3)(C1)C2. The van der Waals surface area contributed by atoms with E-state index in [9.17, 15) is 9.18 Å². The monoisotopic (exact) mass is 510 g/mol. The van der Waals surface area contributed by atoms with Crippen molar-refractivity contribution >= 4 is 23.0 Å². The number of hydrogen-bond acceptors (Lipinski definition) is 6. The minimum Gasteiger partial charge on any atom is -0.381 e. The Hall–Kier alpha value is -4.31. The average Bonchev–Trinajstić information content (AvgIpc) is 3.47. The van der Waals surface area contributed by atoms with Gasteiger partial charge in [0, 0.05) is 47.5 Å². The molecule has 38 heavy (non-hydrogen) atoms. The molecule has 2 bridgehead atoms. The number of fused-ring (bicyclic) bond motifs is 2. The number of carbonyl (C=O) groups is 1. The van der Waals surface area contributed by atoms with Gasteiger partial charge < -0.3 is 20.8 Å². The number of imidazole rings is 2. The molecule has 4 aromatic heterocycles. The van der Waals surface area contributed by atoms with Gasteiger partial charge in [-0.3, -0.25) is 9.20 Å². The lowest BCUT2D eigenvalue weighted by molar-refractivity contribution is -0.143. The Morgan fingerprint density at radius 3 is 2.53 bits per heavy atom. The van der Waals surface area contributed by atoms with E-state index in [1.165, 1.54) is 12.1 Å². The largest absolute Gasteiger partial charge is 0.381 e. The van der Waals surface area contributed by atoms with Gasteiger partial charge >= 0.3 is 0 Å². The van der Waals surface area contributed by atoms with Crippen molar-refractivity contribution in [3.63, 3.8) is 0 Å². The molecule has 1 aromatic carbocycles. The van der Waals surface area contributed by atoms with Crippen molar-refractivity contribution in [3.8, 4) is 22.5 Å². The van der Waals surface area contributed by atoms with E-state index in [-0.39, 0.29) is 28.8 Å². The molecule has 3 aliphatic carbocycles. The minimum absolute atomic E-state index is 0.139. The van der Waals surface area contributed by atoms with E-state index in [2.05, 4.69) is 25.6 Å². The first-order valence-corrected chi connectivity index (χ1v) is 12.6. The normalized spacial score (nSPS) is 21.9. The summed E-state index contributed by atoms with van der Waals surface area (Å²) in [7, 11) is 1.96. The zero-order chi connectivity index (χ0) is 26.2. The molecular weight excluding hydrogens is 483 g/mol. The van der Waals surface area contributed by atoms with Crippen molar-refractivity contribution in [1.82, 2.24) is 34.4 Å². The van der Waals surface area contributed by atoms with Crippen LogP contribution in [0.15, 0.2) is 55.0 Å². The van der Waals surface area contributed by atoms with Crippen LogP contribution in [0.2, 0.25) is 0 Å². The maximum Gasteiger partial charge on any atom is 0.271 e. The molecule has 3 aliphatic rings. The first-order valence-electron chi connectivity index (χ1n) is 12.6. The highest BCUT2D eigenvalue weighted by molar-refractivity contribution is 5.95. The molecule has 8 rings (SSSR count). The van der Waals surface area contributed by atoms with Gasteiger partial charge in [-0.25, -0.2) is 19.3 Å². The van der Waals surface area contributed by atoms with Gasteiger partial charge in [0.05, 0.1) is 11.4 Å². The molecule has 10 heteroatoms. The smallest absolute Gasteiger partial charge is 0.271 e. The van der Waals surface area contributed by atoms with Crippen LogP contribution in [0.1, 0.15) is 35.4 Å². The van der Waals surface area contributed by atoms with Crippen LogP contribution in [-0.4, -0.2) is 48.8 Å². The summed E-state index contributed by atoms with van der Waals surface area (Å²) in [5.41, 5.74) is 11.8. The van der Waals surface area contributed by atoms with E-state index in [1.807, 2.05) is 47.3 Å². The second kappa shape index (κ2) is 7.84. The van der Waals surface area contributed by atoms with Gasteiger partial charge in [0.25, 0.3) is 5.91 Å². The van der Waals surface area contributed by atoms with Crippen LogP contribution in [0.25, 0.3) is 33.8 Å². The molecule has 0 aliphatic heterocycles. The molecule has 9 nitrogen and oxygen atoms in total. The van der Waals surface area contributed by atoms with Crippen molar-refractivity contribution in [2.75, 3.05) is 19.3 Å². The van der Waals surface area contributed by atoms with E-state index < -0.39 is 0 Å². The van der Waals surface area contributed by atoms with Gasteiger partial charge in [-0.1, -0.05) is 0 Å². The van der Waals surface area contributed by atoms with E-state index in [0.717, 1.165) is 42.7 Å². The van der Waals surface area contributed by atoms with Crippen LogP contribution in [-0.2, 0) is 0 Å². The Labute approximate surface area is 217 Å². The van der Waals surface area contributed by atoms with Crippen LogP contribution < -0.4 is 16.4 Å². The Balaban J connectivity index is 1.35. The Kier molecular flexibility index (Phi) is 4.72. The second-order valence-electron chi connectivity index (χ2n) is 10.9. The van der Waals surface area contributed by atoms with Gasteiger partial charge in [0.15, 0.2) is 11.5 Å².